The van der Waals surface area contributed by atoms with Gasteiger partial charge in [-0.25, -0.2) is 0 Å². The second-order valence-electron chi connectivity index (χ2n) is 5.31. The van der Waals surface area contributed by atoms with E-state index in [1.807, 2.05) is 14.1 Å². The van der Waals surface area contributed by atoms with E-state index in [-0.39, 0.29) is 0 Å². The zero-order valence-corrected chi connectivity index (χ0v) is 10.6. The minimum atomic E-state index is 0.571. The molecule has 1 aliphatic rings. The van der Waals surface area contributed by atoms with Crippen molar-refractivity contribution in [3.8, 4) is 0 Å². The molecule has 0 aromatic carbocycles. The molecule has 1 saturated carbocycles. The van der Waals surface area contributed by atoms with Gasteiger partial charge < -0.3 is 10.6 Å². The van der Waals surface area contributed by atoms with Gasteiger partial charge in [0.2, 0.25) is 0 Å². The third kappa shape index (κ3) is 4.10. The molecule has 0 aromatic rings. The lowest BCUT2D eigenvalue weighted by Gasteiger charge is -2.34. The Balaban J connectivity index is 2.24. The van der Waals surface area contributed by atoms with Gasteiger partial charge in [-0.15, -0.1) is 0 Å². The maximum absolute atomic E-state index is 4.11. The van der Waals surface area contributed by atoms with Crippen LogP contribution < -0.4 is 10.6 Å². The summed E-state index contributed by atoms with van der Waals surface area (Å²) in [6, 6.07) is 0. The Hall–Kier alpha value is -0.730. The van der Waals surface area contributed by atoms with E-state index < -0.39 is 0 Å². The molecule has 0 aromatic heterocycles. The van der Waals surface area contributed by atoms with E-state index in [1.54, 1.807) is 0 Å². The van der Waals surface area contributed by atoms with Crippen LogP contribution in [0.15, 0.2) is 4.99 Å². The van der Waals surface area contributed by atoms with Crippen molar-refractivity contribution in [1.82, 2.24) is 10.6 Å². The van der Waals surface area contributed by atoms with Gasteiger partial charge in [0.25, 0.3) is 0 Å². The lowest BCUT2D eigenvalue weighted by molar-refractivity contribution is 0.192. The highest BCUT2D eigenvalue weighted by molar-refractivity contribution is 5.79. The van der Waals surface area contributed by atoms with Gasteiger partial charge >= 0.3 is 0 Å². The molecule has 88 valence electrons. The Morgan fingerprint density at radius 1 is 1.33 bits per heavy atom. The molecule has 0 spiro atoms. The summed E-state index contributed by atoms with van der Waals surface area (Å²) in [5, 5.41) is 6.40. The van der Waals surface area contributed by atoms with Crippen molar-refractivity contribution >= 4 is 5.96 Å². The molecule has 0 unspecified atom stereocenters. The molecule has 0 atom stereocenters. The predicted octanol–water partition coefficient (Wildman–Crippen LogP) is 2.00. The van der Waals surface area contributed by atoms with Crippen molar-refractivity contribution in [2.24, 2.45) is 16.3 Å². The maximum Gasteiger partial charge on any atom is 0.190 e. The van der Waals surface area contributed by atoms with Crippen molar-refractivity contribution in [3.63, 3.8) is 0 Å². The monoisotopic (exact) mass is 211 g/mol. The van der Waals surface area contributed by atoms with Gasteiger partial charge in [-0.3, -0.25) is 4.99 Å². The van der Waals surface area contributed by atoms with Crippen LogP contribution in [0.2, 0.25) is 0 Å². The minimum absolute atomic E-state index is 0.571. The average Bonchev–Trinajstić information content (AvgIpc) is 2.21. The van der Waals surface area contributed by atoms with Crippen molar-refractivity contribution in [1.29, 1.82) is 0 Å². The Labute approximate surface area is 93.7 Å². The smallest absolute Gasteiger partial charge is 0.190 e. The topological polar surface area (TPSA) is 36.4 Å². The van der Waals surface area contributed by atoms with Crippen LogP contribution in [0.4, 0.5) is 0 Å². The highest BCUT2D eigenvalue weighted by Crippen LogP contribution is 2.37. The van der Waals surface area contributed by atoms with Crippen LogP contribution in [-0.2, 0) is 0 Å². The van der Waals surface area contributed by atoms with Crippen LogP contribution >= 0.6 is 0 Å². The number of nitrogens with zero attached hydrogens (tertiary/aromatic N) is 1. The first kappa shape index (κ1) is 12.3. The van der Waals surface area contributed by atoms with Crippen LogP contribution in [0.5, 0.6) is 0 Å². The summed E-state index contributed by atoms with van der Waals surface area (Å²) in [5.74, 6) is 1.72. The van der Waals surface area contributed by atoms with E-state index >= 15 is 0 Å². The molecule has 0 bridgehead atoms. The normalized spacial score (nSPS) is 22.5. The zero-order chi connectivity index (χ0) is 11.3. The SMILES string of the molecule is CN=C(NC)NCC1CCC(C)(C)CC1. The maximum atomic E-state index is 4.11. The van der Waals surface area contributed by atoms with Crippen LogP contribution in [0.3, 0.4) is 0 Å². The van der Waals surface area contributed by atoms with Crippen LogP contribution in [0.25, 0.3) is 0 Å². The first-order valence-electron chi connectivity index (χ1n) is 5.96. The molecule has 0 amide bonds. The Morgan fingerprint density at radius 3 is 2.40 bits per heavy atom. The molecule has 3 nitrogen and oxygen atoms in total. The van der Waals surface area contributed by atoms with Crippen molar-refractivity contribution in [2.75, 3.05) is 20.6 Å². The summed E-state index contributed by atoms with van der Waals surface area (Å²) < 4.78 is 0. The van der Waals surface area contributed by atoms with E-state index in [4.69, 9.17) is 0 Å². The van der Waals surface area contributed by atoms with Gasteiger partial charge in [0, 0.05) is 20.6 Å². The largest absolute Gasteiger partial charge is 0.359 e. The molecule has 15 heavy (non-hydrogen) atoms. The second kappa shape index (κ2) is 5.38. The summed E-state index contributed by atoms with van der Waals surface area (Å²) in [7, 11) is 3.71. The molecule has 1 aliphatic carbocycles. The molecule has 2 N–H and O–H groups in total. The summed E-state index contributed by atoms with van der Waals surface area (Å²) in [4.78, 5) is 4.11. The number of nitrogens with one attached hydrogen (secondary N) is 2. The average molecular weight is 211 g/mol. The number of guanidine groups is 1. The van der Waals surface area contributed by atoms with E-state index in [0.29, 0.717) is 5.41 Å². The van der Waals surface area contributed by atoms with Crippen LogP contribution in [0.1, 0.15) is 39.5 Å². The van der Waals surface area contributed by atoms with Crippen molar-refractivity contribution in [2.45, 2.75) is 39.5 Å². The fourth-order valence-electron chi connectivity index (χ4n) is 2.18. The van der Waals surface area contributed by atoms with Gasteiger partial charge in [-0.1, -0.05) is 13.8 Å². The van der Waals surface area contributed by atoms with Crippen molar-refractivity contribution in [3.05, 3.63) is 0 Å². The van der Waals surface area contributed by atoms with E-state index in [2.05, 4.69) is 29.5 Å². The van der Waals surface area contributed by atoms with Gasteiger partial charge in [0.05, 0.1) is 0 Å². The first-order chi connectivity index (χ1) is 7.07. The van der Waals surface area contributed by atoms with Crippen molar-refractivity contribution < 1.29 is 0 Å². The summed E-state index contributed by atoms with van der Waals surface area (Å²) >= 11 is 0. The third-order valence-corrected chi connectivity index (χ3v) is 3.48. The standard InChI is InChI=1S/C12H25N3/c1-12(2)7-5-10(6-8-12)9-15-11(13-3)14-4/h10H,5-9H2,1-4H3,(H2,13,14,15). The highest BCUT2D eigenvalue weighted by Gasteiger charge is 2.26. The highest BCUT2D eigenvalue weighted by atomic mass is 15.1. The third-order valence-electron chi connectivity index (χ3n) is 3.48. The number of hydrogen-bond donors (Lipinski definition) is 2. The van der Waals surface area contributed by atoms with Gasteiger partial charge in [-0.2, -0.15) is 0 Å². The molecular formula is C12H25N3. The van der Waals surface area contributed by atoms with E-state index in [1.165, 1.54) is 25.7 Å². The molecule has 1 fully saturated rings. The first-order valence-corrected chi connectivity index (χ1v) is 5.96. The molecule has 1 rings (SSSR count). The molecule has 3 heteroatoms. The number of aliphatic imine (C=N–C) groups is 1. The summed E-state index contributed by atoms with van der Waals surface area (Å²) in [5.41, 5.74) is 0.571. The lowest BCUT2D eigenvalue weighted by atomic mass is 9.73. The molecule has 0 radical (unpaired) electrons. The van der Waals surface area contributed by atoms with Gasteiger partial charge in [0.15, 0.2) is 5.96 Å². The Bertz CT molecular complexity index is 211. The van der Waals surface area contributed by atoms with Crippen LogP contribution in [-0.4, -0.2) is 26.6 Å². The van der Waals surface area contributed by atoms with E-state index in [9.17, 15) is 0 Å². The summed E-state index contributed by atoms with van der Waals surface area (Å²) in [6.45, 7) is 5.82. The second-order valence-corrected chi connectivity index (χ2v) is 5.31. The van der Waals surface area contributed by atoms with Crippen LogP contribution in [0, 0.1) is 11.3 Å². The molecule has 0 heterocycles. The number of rotatable bonds is 2. The molecular weight excluding hydrogens is 186 g/mol. The fraction of sp³-hybridized carbons (Fsp3) is 0.917. The Morgan fingerprint density at radius 2 is 1.93 bits per heavy atom. The lowest BCUT2D eigenvalue weighted by Crippen LogP contribution is -2.39. The quantitative estimate of drug-likeness (QED) is 0.541. The molecule has 0 aliphatic heterocycles. The van der Waals surface area contributed by atoms with Gasteiger partial charge in [0.1, 0.15) is 0 Å². The Kier molecular flexibility index (Phi) is 4.43. The fourth-order valence-corrected chi connectivity index (χ4v) is 2.18. The minimum Gasteiger partial charge on any atom is -0.359 e. The van der Waals surface area contributed by atoms with Gasteiger partial charge in [-0.05, 0) is 37.0 Å². The molecule has 0 saturated heterocycles. The zero-order valence-electron chi connectivity index (χ0n) is 10.6. The predicted molar refractivity (Wildman–Crippen MR) is 66.2 cm³/mol. The number of hydrogen-bond acceptors (Lipinski definition) is 1. The summed E-state index contributed by atoms with van der Waals surface area (Å²) in [6.07, 6.45) is 5.41. The van der Waals surface area contributed by atoms with E-state index in [0.717, 1.165) is 18.4 Å².